The van der Waals surface area contributed by atoms with Crippen LogP contribution >= 0.6 is 0 Å². The number of amides is 4. The van der Waals surface area contributed by atoms with Gasteiger partial charge in [0, 0.05) is 24.2 Å². The quantitative estimate of drug-likeness (QED) is 0.0723. The van der Waals surface area contributed by atoms with E-state index < -0.39 is 30.0 Å². The number of rotatable bonds is 22. The Morgan fingerprint density at radius 2 is 0.929 bits per heavy atom. The van der Waals surface area contributed by atoms with Crippen LogP contribution in [0, 0.1) is 23.7 Å². The first kappa shape index (κ1) is 43.3. The van der Waals surface area contributed by atoms with E-state index >= 15 is 0 Å². The maximum Gasteiger partial charge on any atom is 0.243 e. The number of aromatic nitrogens is 2. The summed E-state index contributed by atoms with van der Waals surface area (Å²) in [5, 5.41) is 23.6. The second-order valence-electron chi connectivity index (χ2n) is 14.7. The molecule has 0 aliphatic rings. The van der Waals surface area contributed by atoms with Crippen molar-refractivity contribution in [2.75, 3.05) is 0 Å². The molecule has 56 heavy (non-hydrogen) atoms. The molecular formula is C45H58N6O5. The number of nitrogens with zero attached hydrogens (tertiary/aromatic N) is 2. The minimum absolute atomic E-state index is 0.0570. The van der Waals surface area contributed by atoms with Crippen LogP contribution < -0.4 is 21.3 Å². The molecule has 2 heterocycles. The van der Waals surface area contributed by atoms with Crippen molar-refractivity contribution in [3.05, 3.63) is 132 Å². The molecule has 4 rings (SSSR count). The summed E-state index contributed by atoms with van der Waals surface area (Å²) in [6.07, 6.45) is 4.36. The lowest BCUT2D eigenvalue weighted by Gasteiger charge is -2.29. The molecule has 11 heteroatoms. The van der Waals surface area contributed by atoms with Gasteiger partial charge in [0.25, 0.3) is 0 Å². The molecule has 4 amide bonds. The van der Waals surface area contributed by atoms with Crippen LogP contribution in [-0.2, 0) is 45.1 Å². The van der Waals surface area contributed by atoms with E-state index in [4.69, 9.17) is 0 Å². The Labute approximate surface area is 331 Å². The highest BCUT2D eigenvalue weighted by Gasteiger charge is 2.33. The van der Waals surface area contributed by atoms with Gasteiger partial charge >= 0.3 is 0 Å². The lowest BCUT2D eigenvalue weighted by Crippen LogP contribution is -2.52. The zero-order valence-corrected chi connectivity index (χ0v) is 33.1. The summed E-state index contributed by atoms with van der Waals surface area (Å²) in [6, 6.07) is 28.5. The van der Waals surface area contributed by atoms with Crippen molar-refractivity contribution >= 4 is 23.6 Å². The van der Waals surface area contributed by atoms with E-state index in [9.17, 15) is 24.3 Å². The van der Waals surface area contributed by atoms with Gasteiger partial charge in [0.2, 0.25) is 23.6 Å². The minimum Gasteiger partial charge on any atom is -0.393 e. The summed E-state index contributed by atoms with van der Waals surface area (Å²) >= 11 is 0. The molecule has 4 aromatic rings. The van der Waals surface area contributed by atoms with Crippen LogP contribution in [0.25, 0.3) is 0 Å². The van der Waals surface area contributed by atoms with Crippen LogP contribution in [0.4, 0.5) is 0 Å². The molecule has 0 bridgehead atoms. The smallest absolute Gasteiger partial charge is 0.243 e. The molecule has 0 aliphatic carbocycles. The van der Waals surface area contributed by atoms with Gasteiger partial charge in [0.15, 0.2) is 0 Å². The van der Waals surface area contributed by atoms with Gasteiger partial charge in [0.1, 0.15) is 12.1 Å². The Morgan fingerprint density at radius 3 is 1.27 bits per heavy atom. The van der Waals surface area contributed by atoms with Gasteiger partial charge in [-0.3, -0.25) is 29.1 Å². The third-order valence-electron chi connectivity index (χ3n) is 10.4. The minimum atomic E-state index is -1.05. The van der Waals surface area contributed by atoms with Gasteiger partial charge in [0.05, 0.1) is 30.6 Å². The van der Waals surface area contributed by atoms with Crippen molar-refractivity contribution < 1.29 is 24.3 Å². The van der Waals surface area contributed by atoms with Gasteiger partial charge < -0.3 is 26.4 Å². The summed E-state index contributed by atoms with van der Waals surface area (Å²) in [4.78, 5) is 63.8. The van der Waals surface area contributed by atoms with Crippen molar-refractivity contribution in [3.8, 4) is 0 Å². The lowest BCUT2D eigenvalue weighted by atomic mass is 9.86. The summed E-state index contributed by atoms with van der Waals surface area (Å²) in [6.45, 7) is 8.23. The Bertz CT molecular complexity index is 1650. The molecular weight excluding hydrogens is 705 g/mol. The Morgan fingerprint density at radius 1 is 0.554 bits per heavy atom. The molecule has 1 unspecified atom stereocenters. The SMILES string of the molecule is CC[C@H](C)[C@H](NC(=O)[C@@H](Cc1ccccc1)CC(O)C[C@H](Cc1ccccc1)C(=O)N[C@@H](C(=O)NCc1ccccn1)[C@@H](C)CC)C(=O)NCc1ccccn1. The van der Waals surface area contributed by atoms with Crippen LogP contribution in [0.1, 0.15) is 75.9 Å². The van der Waals surface area contributed by atoms with E-state index in [0.717, 1.165) is 11.1 Å². The summed E-state index contributed by atoms with van der Waals surface area (Å²) in [7, 11) is 0. The molecule has 0 fully saturated rings. The molecule has 2 aromatic heterocycles. The highest BCUT2D eigenvalue weighted by molar-refractivity contribution is 5.89. The van der Waals surface area contributed by atoms with E-state index in [1.165, 1.54) is 0 Å². The van der Waals surface area contributed by atoms with Gasteiger partial charge in [-0.05, 0) is 72.9 Å². The maximum atomic E-state index is 14.2. The number of aliphatic hydroxyl groups excluding tert-OH is 1. The zero-order chi connectivity index (χ0) is 40.3. The average molecular weight is 763 g/mol. The molecule has 0 radical (unpaired) electrons. The molecule has 0 saturated carbocycles. The lowest BCUT2D eigenvalue weighted by molar-refractivity contribution is -0.134. The number of hydrogen-bond donors (Lipinski definition) is 5. The fourth-order valence-electron chi connectivity index (χ4n) is 6.64. The van der Waals surface area contributed by atoms with Gasteiger partial charge in [-0.15, -0.1) is 0 Å². The molecule has 298 valence electrons. The first-order chi connectivity index (χ1) is 27.1. The van der Waals surface area contributed by atoms with Crippen molar-refractivity contribution in [2.24, 2.45) is 23.7 Å². The molecule has 0 spiro atoms. The average Bonchev–Trinajstić information content (AvgIpc) is 3.23. The number of hydrogen-bond acceptors (Lipinski definition) is 7. The summed E-state index contributed by atoms with van der Waals surface area (Å²) in [5.74, 6) is -3.05. The van der Waals surface area contributed by atoms with E-state index in [1.807, 2.05) is 113 Å². The first-order valence-electron chi connectivity index (χ1n) is 19.8. The molecule has 0 aliphatic heterocycles. The van der Waals surface area contributed by atoms with Crippen LogP contribution in [0.15, 0.2) is 109 Å². The van der Waals surface area contributed by atoms with Gasteiger partial charge in [-0.1, -0.05) is 113 Å². The van der Waals surface area contributed by atoms with Crippen molar-refractivity contribution in [1.29, 1.82) is 0 Å². The van der Waals surface area contributed by atoms with E-state index in [0.29, 0.717) is 37.1 Å². The summed E-state index contributed by atoms with van der Waals surface area (Å²) < 4.78 is 0. The van der Waals surface area contributed by atoms with Crippen LogP contribution in [0.2, 0.25) is 0 Å². The number of carbonyl (C=O) groups excluding carboxylic acids is 4. The monoisotopic (exact) mass is 762 g/mol. The highest BCUT2D eigenvalue weighted by atomic mass is 16.3. The Balaban J connectivity index is 1.52. The van der Waals surface area contributed by atoms with Crippen molar-refractivity contribution in [1.82, 2.24) is 31.2 Å². The fourth-order valence-corrected chi connectivity index (χ4v) is 6.64. The highest BCUT2D eigenvalue weighted by Crippen LogP contribution is 2.23. The largest absolute Gasteiger partial charge is 0.393 e. The number of benzene rings is 2. The summed E-state index contributed by atoms with van der Waals surface area (Å²) in [5.41, 5.74) is 3.22. The molecule has 0 saturated heterocycles. The van der Waals surface area contributed by atoms with Gasteiger partial charge in [-0.25, -0.2) is 0 Å². The van der Waals surface area contributed by atoms with Crippen LogP contribution in [-0.4, -0.2) is 56.9 Å². The number of aliphatic hydroxyl groups is 1. The van der Waals surface area contributed by atoms with Crippen molar-refractivity contribution in [2.45, 2.75) is 97.5 Å². The van der Waals surface area contributed by atoms with Crippen LogP contribution in [0.5, 0.6) is 0 Å². The predicted octanol–water partition coefficient (Wildman–Crippen LogP) is 5.33. The normalized spacial score (nSPS) is 14.9. The Kier molecular flexibility index (Phi) is 17.7. The second-order valence-corrected chi connectivity index (χ2v) is 14.7. The molecule has 11 nitrogen and oxygen atoms in total. The predicted molar refractivity (Wildman–Crippen MR) is 217 cm³/mol. The topological polar surface area (TPSA) is 162 Å². The third-order valence-corrected chi connectivity index (χ3v) is 10.4. The van der Waals surface area contributed by atoms with Crippen LogP contribution in [0.3, 0.4) is 0 Å². The number of pyridine rings is 2. The van der Waals surface area contributed by atoms with Gasteiger partial charge in [-0.2, -0.15) is 0 Å². The molecule has 5 N–H and O–H groups in total. The zero-order valence-electron chi connectivity index (χ0n) is 33.1. The van der Waals surface area contributed by atoms with Crippen molar-refractivity contribution in [3.63, 3.8) is 0 Å². The fraction of sp³-hybridized carbons (Fsp3) is 0.422. The molecule has 7 atom stereocenters. The Hall–Kier alpha value is -5.42. The maximum absolute atomic E-state index is 14.2. The van der Waals surface area contributed by atoms with E-state index in [-0.39, 0.29) is 61.4 Å². The number of nitrogens with one attached hydrogen (secondary N) is 4. The standard InChI is InChI=1S/C45H58N6O5/c1-5-31(3)40(44(55)48-29-37-21-13-15-23-46-37)50-42(53)35(25-33-17-9-7-10-18-33)27-39(52)28-36(26-34-19-11-8-12-20-34)43(54)51-41(32(4)6-2)45(56)49-30-38-22-14-16-24-47-38/h7-24,31-32,35-36,39-41,52H,5-6,25-30H2,1-4H3,(H,48,55)(H,49,56)(H,50,53)(H,51,54)/t31-,32-,35-,36-,39?,40-,41+/m0/s1. The molecule has 2 aromatic carbocycles. The second kappa shape index (κ2) is 22.8. The van der Waals surface area contributed by atoms with E-state index in [1.54, 1.807) is 24.5 Å². The first-order valence-corrected chi connectivity index (χ1v) is 19.8. The van der Waals surface area contributed by atoms with E-state index in [2.05, 4.69) is 31.2 Å². The number of carbonyl (C=O) groups is 4. The third kappa shape index (κ3) is 14.0.